The fourth-order valence-corrected chi connectivity index (χ4v) is 1.74. The van der Waals surface area contributed by atoms with Gasteiger partial charge in [0, 0.05) is 20.2 Å². The topological polar surface area (TPSA) is 53.1 Å². The van der Waals surface area contributed by atoms with Crippen LogP contribution in [0.2, 0.25) is 0 Å². The Morgan fingerprint density at radius 3 is 2.94 bits per heavy atom. The van der Waals surface area contributed by atoms with E-state index in [1.54, 1.807) is 0 Å². The van der Waals surface area contributed by atoms with E-state index in [-0.39, 0.29) is 0 Å². The van der Waals surface area contributed by atoms with E-state index in [0.717, 1.165) is 22.4 Å². The number of nitrogens with zero attached hydrogens (tertiary/aromatic N) is 2. The number of benzene rings is 1. The molecule has 0 bridgehead atoms. The summed E-state index contributed by atoms with van der Waals surface area (Å²) in [4.78, 5) is 4.54. The van der Waals surface area contributed by atoms with Crippen LogP contribution in [0.15, 0.2) is 18.2 Å². The van der Waals surface area contributed by atoms with Crippen molar-refractivity contribution < 1.29 is 4.74 Å². The molecule has 0 aliphatic heterocycles. The fourth-order valence-electron chi connectivity index (χ4n) is 1.74. The molecule has 2 aromatic rings. The summed E-state index contributed by atoms with van der Waals surface area (Å²) in [5.41, 5.74) is 8.82. The number of aryl methyl sites for hydroxylation is 1. The quantitative estimate of drug-likeness (QED) is 0.849. The monoisotopic (exact) mass is 219 g/mol. The molecule has 4 nitrogen and oxygen atoms in total. The highest BCUT2D eigenvalue weighted by Crippen LogP contribution is 2.17. The molecular formula is C12H17N3O. The van der Waals surface area contributed by atoms with Crippen LogP contribution in [0.1, 0.15) is 18.3 Å². The lowest BCUT2D eigenvalue weighted by Crippen LogP contribution is -2.00. The van der Waals surface area contributed by atoms with Gasteiger partial charge in [0.2, 0.25) is 0 Å². The van der Waals surface area contributed by atoms with E-state index in [1.807, 2.05) is 26.1 Å². The largest absolute Gasteiger partial charge is 0.374 e. The normalized spacial score (nSPS) is 11.2. The maximum Gasteiger partial charge on any atom is 0.135 e. The van der Waals surface area contributed by atoms with Crippen LogP contribution in [0.25, 0.3) is 11.0 Å². The Morgan fingerprint density at radius 1 is 1.44 bits per heavy atom. The molecule has 1 aromatic carbocycles. The molecule has 0 spiro atoms. The zero-order chi connectivity index (χ0) is 11.5. The lowest BCUT2D eigenvalue weighted by molar-refractivity contribution is 0.126. The third-order valence-corrected chi connectivity index (χ3v) is 2.71. The van der Waals surface area contributed by atoms with Gasteiger partial charge in [-0.1, -0.05) is 6.07 Å². The number of imidazole rings is 1. The van der Waals surface area contributed by atoms with E-state index in [4.69, 9.17) is 10.5 Å². The van der Waals surface area contributed by atoms with E-state index < -0.39 is 0 Å². The predicted molar refractivity (Wildman–Crippen MR) is 63.9 cm³/mol. The minimum atomic E-state index is 0.549. The number of hydrogen-bond acceptors (Lipinski definition) is 3. The Kier molecular flexibility index (Phi) is 3.22. The highest BCUT2D eigenvalue weighted by Gasteiger charge is 2.07. The summed E-state index contributed by atoms with van der Waals surface area (Å²) in [5.74, 6) is 0.950. The summed E-state index contributed by atoms with van der Waals surface area (Å²) < 4.78 is 7.44. The Balaban J connectivity index is 2.41. The van der Waals surface area contributed by atoms with Crippen molar-refractivity contribution in [3.8, 4) is 0 Å². The minimum Gasteiger partial charge on any atom is -0.374 e. The second kappa shape index (κ2) is 4.63. The second-order valence-electron chi connectivity index (χ2n) is 3.75. The van der Waals surface area contributed by atoms with Gasteiger partial charge in [0.15, 0.2) is 0 Å². The van der Waals surface area contributed by atoms with Gasteiger partial charge >= 0.3 is 0 Å². The Hall–Kier alpha value is -1.39. The molecule has 4 heteroatoms. The predicted octanol–water partition coefficient (Wildman–Crippen LogP) is 1.57. The van der Waals surface area contributed by atoms with Crippen molar-refractivity contribution in [2.45, 2.75) is 20.1 Å². The van der Waals surface area contributed by atoms with Crippen molar-refractivity contribution in [1.82, 2.24) is 9.55 Å². The molecule has 0 atom stereocenters. The van der Waals surface area contributed by atoms with Gasteiger partial charge in [0.25, 0.3) is 0 Å². The van der Waals surface area contributed by atoms with Gasteiger partial charge in [-0.25, -0.2) is 4.98 Å². The van der Waals surface area contributed by atoms with E-state index >= 15 is 0 Å². The molecule has 0 aliphatic carbocycles. The summed E-state index contributed by atoms with van der Waals surface area (Å²) in [6.45, 7) is 3.79. The molecule has 0 saturated heterocycles. The lowest BCUT2D eigenvalue weighted by atomic mass is 10.2. The number of ether oxygens (including phenoxy) is 1. The maximum atomic E-state index is 5.61. The summed E-state index contributed by atoms with van der Waals surface area (Å²) >= 11 is 0. The Morgan fingerprint density at radius 2 is 2.25 bits per heavy atom. The van der Waals surface area contributed by atoms with Crippen LogP contribution in [0.4, 0.5) is 0 Å². The zero-order valence-electron chi connectivity index (χ0n) is 9.73. The molecule has 0 fully saturated rings. The van der Waals surface area contributed by atoms with Crippen molar-refractivity contribution in [3.05, 3.63) is 29.6 Å². The molecule has 0 saturated carbocycles. The van der Waals surface area contributed by atoms with Crippen molar-refractivity contribution in [2.24, 2.45) is 12.8 Å². The van der Waals surface area contributed by atoms with Gasteiger partial charge in [-0.2, -0.15) is 0 Å². The van der Waals surface area contributed by atoms with Gasteiger partial charge in [0.1, 0.15) is 12.4 Å². The molecule has 0 amide bonds. The first kappa shape index (κ1) is 11.1. The molecule has 2 N–H and O–H groups in total. The standard InChI is InChI=1S/C12H17N3O/c1-3-16-8-12-14-10-6-9(7-13)4-5-11(10)15(12)2/h4-6H,3,7-8,13H2,1-2H3. The minimum absolute atomic E-state index is 0.549. The van der Waals surface area contributed by atoms with E-state index in [0.29, 0.717) is 19.8 Å². The molecule has 0 aliphatic rings. The molecule has 86 valence electrons. The van der Waals surface area contributed by atoms with E-state index in [9.17, 15) is 0 Å². The van der Waals surface area contributed by atoms with Crippen molar-refractivity contribution in [2.75, 3.05) is 6.61 Å². The number of rotatable bonds is 4. The first-order chi connectivity index (χ1) is 7.76. The van der Waals surface area contributed by atoms with Gasteiger partial charge in [-0.05, 0) is 24.6 Å². The summed E-state index contributed by atoms with van der Waals surface area (Å²) in [5, 5.41) is 0. The van der Waals surface area contributed by atoms with Gasteiger partial charge in [-0.3, -0.25) is 0 Å². The van der Waals surface area contributed by atoms with Gasteiger partial charge in [-0.15, -0.1) is 0 Å². The summed E-state index contributed by atoms with van der Waals surface area (Å²) in [6.07, 6.45) is 0. The average Bonchev–Trinajstić information content (AvgIpc) is 2.63. The van der Waals surface area contributed by atoms with Crippen LogP contribution in [-0.4, -0.2) is 16.2 Å². The zero-order valence-corrected chi connectivity index (χ0v) is 9.73. The number of nitrogens with two attached hydrogens (primary N) is 1. The first-order valence-electron chi connectivity index (χ1n) is 5.48. The highest BCUT2D eigenvalue weighted by molar-refractivity contribution is 5.76. The lowest BCUT2D eigenvalue weighted by Gasteiger charge is -2.01. The summed E-state index contributed by atoms with van der Waals surface area (Å²) in [7, 11) is 2.01. The second-order valence-corrected chi connectivity index (χ2v) is 3.75. The number of aromatic nitrogens is 2. The van der Waals surface area contributed by atoms with Crippen LogP contribution in [0.3, 0.4) is 0 Å². The molecule has 2 rings (SSSR count). The van der Waals surface area contributed by atoms with Crippen molar-refractivity contribution >= 4 is 11.0 Å². The average molecular weight is 219 g/mol. The maximum absolute atomic E-state index is 5.61. The summed E-state index contributed by atoms with van der Waals surface area (Å²) in [6, 6.07) is 6.12. The van der Waals surface area contributed by atoms with Crippen molar-refractivity contribution in [1.29, 1.82) is 0 Å². The smallest absolute Gasteiger partial charge is 0.135 e. The molecular weight excluding hydrogens is 202 g/mol. The number of fused-ring (bicyclic) bond motifs is 1. The third kappa shape index (κ3) is 1.94. The molecule has 1 heterocycles. The Bertz CT molecular complexity index is 490. The van der Waals surface area contributed by atoms with Crippen LogP contribution < -0.4 is 5.73 Å². The van der Waals surface area contributed by atoms with Gasteiger partial charge in [0.05, 0.1) is 11.0 Å². The van der Waals surface area contributed by atoms with Gasteiger partial charge < -0.3 is 15.0 Å². The van der Waals surface area contributed by atoms with Crippen molar-refractivity contribution in [3.63, 3.8) is 0 Å². The molecule has 1 aromatic heterocycles. The highest BCUT2D eigenvalue weighted by atomic mass is 16.5. The SMILES string of the molecule is CCOCc1nc2cc(CN)ccc2n1C. The molecule has 0 radical (unpaired) electrons. The molecule has 0 unspecified atom stereocenters. The van der Waals surface area contributed by atoms with Crippen LogP contribution >= 0.6 is 0 Å². The Labute approximate surface area is 95.0 Å². The fraction of sp³-hybridized carbons (Fsp3) is 0.417. The molecule has 16 heavy (non-hydrogen) atoms. The van der Waals surface area contributed by atoms with Crippen LogP contribution in [0, 0.1) is 0 Å². The number of hydrogen-bond donors (Lipinski definition) is 1. The van der Waals surface area contributed by atoms with Crippen LogP contribution in [0.5, 0.6) is 0 Å². The third-order valence-electron chi connectivity index (χ3n) is 2.71. The van der Waals surface area contributed by atoms with E-state index in [1.165, 1.54) is 0 Å². The van der Waals surface area contributed by atoms with E-state index in [2.05, 4.69) is 15.6 Å². The van der Waals surface area contributed by atoms with Crippen LogP contribution in [-0.2, 0) is 24.9 Å². The first-order valence-corrected chi connectivity index (χ1v) is 5.48.